The summed E-state index contributed by atoms with van der Waals surface area (Å²) in [5.74, 6) is 4.06. The second-order valence-corrected chi connectivity index (χ2v) is 8.49. The fourth-order valence-corrected chi connectivity index (χ4v) is 4.96. The second-order valence-electron chi connectivity index (χ2n) is 7.26. The molecule has 0 atom stereocenters. The quantitative estimate of drug-likeness (QED) is 0.383. The lowest BCUT2D eigenvalue weighted by Gasteiger charge is -2.47. The Bertz CT molecular complexity index is 375. The molecule has 3 rings (SSSR count). The van der Waals surface area contributed by atoms with Crippen LogP contribution in [0.4, 0.5) is 0 Å². The molecule has 1 heterocycles. The molecule has 3 N–H and O–H groups in total. The molecule has 2 aliphatic carbocycles. The smallest absolute Gasteiger partial charge is 0.188 e. The largest absolute Gasteiger partial charge is 0.370 e. The second kappa shape index (κ2) is 9.70. The summed E-state index contributed by atoms with van der Waals surface area (Å²) < 4.78 is 0. The van der Waals surface area contributed by atoms with Crippen LogP contribution in [0.3, 0.4) is 0 Å². The summed E-state index contributed by atoms with van der Waals surface area (Å²) in [4.78, 5) is 7.49. The van der Waals surface area contributed by atoms with Gasteiger partial charge in [-0.2, -0.15) is 11.8 Å². The van der Waals surface area contributed by atoms with E-state index in [1.54, 1.807) is 0 Å². The van der Waals surface area contributed by atoms with Gasteiger partial charge in [0, 0.05) is 36.7 Å². The molecule has 0 aromatic heterocycles. The average molecular weight is 452 g/mol. The molecule has 4 nitrogen and oxygen atoms in total. The van der Waals surface area contributed by atoms with Crippen molar-refractivity contribution >= 4 is 41.7 Å². The van der Waals surface area contributed by atoms with Crippen LogP contribution in [0.5, 0.6) is 0 Å². The van der Waals surface area contributed by atoms with E-state index < -0.39 is 0 Å². The van der Waals surface area contributed by atoms with Crippen LogP contribution in [0, 0.1) is 5.92 Å². The van der Waals surface area contributed by atoms with Crippen molar-refractivity contribution in [3.8, 4) is 0 Å². The summed E-state index contributed by atoms with van der Waals surface area (Å²) in [5.41, 5.74) is 6.42. The lowest BCUT2D eigenvalue weighted by Crippen LogP contribution is -2.55. The predicted molar refractivity (Wildman–Crippen MR) is 112 cm³/mol. The topological polar surface area (TPSA) is 53.6 Å². The van der Waals surface area contributed by atoms with Crippen molar-refractivity contribution in [1.29, 1.82) is 0 Å². The third-order valence-corrected chi connectivity index (χ3v) is 6.75. The van der Waals surface area contributed by atoms with Gasteiger partial charge in [0.15, 0.2) is 5.96 Å². The van der Waals surface area contributed by atoms with Crippen LogP contribution in [-0.2, 0) is 0 Å². The standard InChI is InChI=1S/C17H32N4S.HI/c18-16(19-13-15-5-4-6-15)20-14-17(7-2-1-3-8-17)21-9-11-22-12-10-21;/h15H,1-14H2,(H3,18,19,20);1H. The van der Waals surface area contributed by atoms with E-state index in [1.807, 2.05) is 0 Å². The molecule has 0 aromatic rings. The molecular formula is C17H33IN4S. The molecule has 134 valence electrons. The monoisotopic (exact) mass is 452 g/mol. The zero-order valence-electron chi connectivity index (χ0n) is 14.3. The van der Waals surface area contributed by atoms with Gasteiger partial charge in [-0.1, -0.05) is 25.7 Å². The highest BCUT2D eigenvalue weighted by molar-refractivity contribution is 14.0. The van der Waals surface area contributed by atoms with Crippen molar-refractivity contribution in [2.24, 2.45) is 16.6 Å². The summed E-state index contributed by atoms with van der Waals surface area (Å²) in [7, 11) is 0. The number of halogens is 1. The molecule has 0 bridgehead atoms. The summed E-state index contributed by atoms with van der Waals surface area (Å²) in [6.07, 6.45) is 10.8. The summed E-state index contributed by atoms with van der Waals surface area (Å²) in [5, 5.41) is 3.35. The fourth-order valence-electron chi connectivity index (χ4n) is 4.06. The van der Waals surface area contributed by atoms with Crippen molar-refractivity contribution < 1.29 is 0 Å². The Morgan fingerprint density at radius 3 is 2.43 bits per heavy atom. The van der Waals surface area contributed by atoms with E-state index in [0.717, 1.165) is 19.0 Å². The number of hydrogen-bond donors (Lipinski definition) is 2. The third-order valence-electron chi connectivity index (χ3n) is 5.81. The lowest BCUT2D eigenvalue weighted by atomic mass is 9.80. The van der Waals surface area contributed by atoms with E-state index >= 15 is 0 Å². The Hall–Kier alpha value is 0.310. The molecule has 0 spiro atoms. The van der Waals surface area contributed by atoms with Crippen LogP contribution >= 0.6 is 35.7 Å². The van der Waals surface area contributed by atoms with Gasteiger partial charge < -0.3 is 11.1 Å². The Balaban J connectivity index is 0.00000192. The Kier molecular flexibility index (Phi) is 8.28. The molecule has 3 fully saturated rings. The van der Waals surface area contributed by atoms with Crippen molar-refractivity contribution in [2.75, 3.05) is 37.7 Å². The van der Waals surface area contributed by atoms with Gasteiger partial charge in [-0.3, -0.25) is 9.89 Å². The highest BCUT2D eigenvalue weighted by Crippen LogP contribution is 2.35. The van der Waals surface area contributed by atoms with E-state index in [4.69, 9.17) is 10.7 Å². The number of nitrogens with two attached hydrogens (primary N) is 1. The van der Waals surface area contributed by atoms with E-state index in [1.165, 1.54) is 76.0 Å². The van der Waals surface area contributed by atoms with Crippen LogP contribution < -0.4 is 11.1 Å². The average Bonchev–Trinajstić information content (AvgIpc) is 2.53. The van der Waals surface area contributed by atoms with Gasteiger partial charge in [-0.15, -0.1) is 24.0 Å². The fraction of sp³-hybridized carbons (Fsp3) is 0.941. The zero-order valence-corrected chi connectivity index (χ0v) is 17.4. The molecular weight excluding hydrogens is 419 g/mol. The van der Waals surface area contributed by atoms with Gasteiger partial charge in [-0.05, 0) is 31.6 Å². The molecule has 1 aliphatic heterocycles. The molecule has 0 amide bonds. The van der Waals surface area contributed by atoms with Crippen molar-refractivity contribution in [3.63, 3.8) is 0 Å². The first kappa shape index (κ1) is 19.6. The van der Waals surface area contributed by atoms with Crippen LogP contribution in [0.15, 0.2) is 4.99 Å². The van der Waals surface area contributed by atoms with Crippen LogP contribution in [0.1, 0.15) is 51.4 Å². The SMILES string of the molecule is I.NC(=NCC1(N2CCSCC2)CCCCC1)NCC1CCC1. The maximum atomic E-state index is 6.12. The Morgan fingerprint density at radius 1 is 1.13 bits per heavy atom. The number of nitrogens with one attached hydrogen (secondary N) is 1. The molecule has 1 saturated heterocycles. The Labute approximate surface area is 162 Å². The zero-order chi connectivity index (χ0) is 15.3. The van der Waals surface area contributed by atoms with Crippen molar-refractivity contribution in [3.05, 3.63) is 0 Å². The number of rotatable bonds is 5. The molecule has 0 unspecified atom stereocenters. The predicted octanol–water partition coefficient (Wildman–Crippen LogP) is 3.06. The molecule has 6 heteroatoms. The minimum Gasteiger partial charge on any atom is -0.370 e. The number of aliphatic imine (C=N–C) groups is 1. The summed E-state index contributed by atoms with van der Waals surface area (Å²) in [6.45, 7) is 4.37. The third kappa shape index (κ3) is 5.39. The molecule has 23 heavy (non-hydrogen) atoms. The number of guanidine groups is 1. The van der Waals surface area contributed by atoms with Gasteiger partial charge in [0.25, 0.3) is 0 Å². The number of nitrogens with zero attached hydrogens (tertiary/aromatic N) is 2. The molecule has 2 saturated carbocycles. The maximum absolute atomic E-state index is 6.12. The van der Waals surface area contributed by atoms with Crippen molar-refractivity contribution in [1.82, 2.24) is 10.2 Å². The van der Waals surface area contributed by atoms with Gasteiger partial charge in [-0.25, -0.2) is 0 Å². The van der Waals surface area contributed by atoms with E-state index in [-0.39, 0.29) is 24.0 Å². The molecule has 3 aliphatic rings. The number of hydrogen-bond acceptors (Lipinski definition) is 3. The minimum absolute atomic E-state index is 0. The van der Waals surface area contributed by atoms with Gasteiger partial charge in [0.2, 0.25) is 0 Å². The van der Waals surface area contributed by atoms with E-state index in [9.17, 15) is 0 Å². The summed E-state index contributed by atoms with van der Waals surface area (Å²) in [6, 6.07) is 0. The van der Waals surface area contributed by atoms with E-state index in [0.29, 0.717) is 11.5 Å². The normalized spacial score (nSPS) is 26.2. The van der Waals surface area contributed by atoms with Crippen LogP contribution in [0.25, 0.3) is 0 Å². The first-order valence-corrected chi connectivity index (χ1v) is 10.3. The highest BCUT2D eigenvalue weighted by atomic mass is 127. The lowest BCUT2D eigenvalue weighted by molar-refractivity contribution is 0.0672. The number of thioether (sulfide) groups is 1. The maximum Gasteiger partial charge on any atom is 0.188 e. The Morgan fingerprint density at radius 2 is 1.83 bits per heavy atom. The van der Waals surface area contributed by atoms with Gasteiger partial charge >= 0.3 is 0 Å². The molecule has 0 radical (unpaired) electrons. The summed E-state index contributed by atoms with van der Waals surface area (Å²) >= 11 is 2.09. The van der Waals surface area contributed by atoms with Crippen LogP contribution in [-0.4, -0.2) is 54.1 Å². The first-order valence-electron chi connectivity index (χ1n) is 9.15. The van der Waals surface area contributed by atoms with Crippen LogP contribution in [0.2, 0.25) is 0 Å². The molecule has 0 aromatic carbocycles. The van der Waals surface area contributed by atoms with Crippen molar-refractivity contribution in [2.45, 2.75) is 56.9 Å². The first-order chi connectivity index (χ1) is 10.8. The van der Waals surface area contributed by atoms with Gasteiger partial charge in [0.05, 0.1) is 6.54 Å². The van der Waals surface area contributed by atoms with E-state index in [2.05, 4.69) is 22.0 Å². The highest BCUT2D eigenvalue weighted by Gasteiger charge is 2.38. The minimum atomic E-state index is 0. The van der Waals surface area contributed by atoms with Gasteiger partial charge in [0.1, 0.15) is 0 Å².